The Morgan fingerprint density at radius 1 is 0.859 bits per heavy atom. The van der Waals surface area contributed by atoms with Gasteiger partial charge in [-0.25, -0.2) is 51.6 Å². The van der Waals surface area contributed by atoms with Gasteiger partial charge >= 0.3 is 33.4 Å². The van der Waals surface area contributed by atoms with Crippen LogP contribution in [0.15, 0.2) is 78.2 Å². The van der Waals surface area contributed by atoms with E-state index in [2.05, 4.69) is 35.1 Å². The number of alkyl halides is 2. The number of hydrogen-bond acceptors (Lipinski definition) is 22. The lowest BCUT2D eigenvalue weighted by Crippen LogP contribution is -2.48. The molecule has 8 rings (SSSR count). The standard InChI is InChI=1S/C44H52F3N11O18P2/c45-25-5-1-23(2-6-25)17-31(59)53-26-7-3-24(4-8-26)18-70-43(64)54-27(9-13-56-15-11-44(46,47)12-16-56)41(62)75-35-28(73-40(33(35)60)58-22-52-32-37(49)50-21-51-38(32)58)20-72-78(68,69)76-36-29(19-71-77(65,66)67)74-39(34(36)61)57-14-10-30(48)55-42(57)63/h1-8,10,14,21-22,27-29,33-36,39-40,60-61H,9,11-13,15-20H2,(H,53,59)(H,54,64)(H,68,69)(H2,48,55,63)(H2,49,50,51)(H2,65,66,67)/t27-,28?,29+,33?,34+,35?,36+,39+,40?/m0/s1. The number of amides is 2. The summed E-state index contributed by atoms with van der Waals surface area (Å²) in [6.07, 6.45) is -13.8. The van der Waals surface area contributed by atoms with Crippen LogP contribution in [-0.2, 0) is 64.3 Å². The second kappa shape index (κ2) is 24.2. The van der Waals surface area contributed by atoms with Gasteiger partial charge < -0.3 is 70.8 Å². The van der Waals surface area contributed by atoms with Crippen LogP contribution in [0.3, 0.4) is 0 Å². The Hall–Kier alpha value is -6.51. The number of phosphoric ester groups is 2. The van der Waals surface area contributed by atoms with E-state index in [1.54, 1.807) is 17.0 Å². The van der Waals surface area contributed by atoms with Crippen molar-refractivity contribution in [3.8, 4) is 0 Å². The van der Waals surface area contributed by atoms with Crippen LogP contribution in [0.5, 0.6) is 0 Å². The third kappa shape index (κ3) is 14.8. The number of carbonyl (C=O) groups is 3. The molecule has 3 saturated heterocycles. The van der Waals surface area contributed by atoms with Gasteiger partial charge in [0.2, 0.25) is 5.91 Å². The minimum absolute atomic E-state index is 0.00811. The molecule has 0 bridgehead atoms. The molecule has 3 fully saturated rings. The van der Waals surface area contributed by atoms with Crippen molar-refractivity contribution in [2.75, 3.05) is 49.6 Å². The number of nitrogens with two attached hydrogens (primary N) is 2. The zero-order valence-electron chi connectivity index (χ0n) is 40.6. The number of hydrogen-bond donors (Lipinski definition) is 9. The van der Waals surface area contributed by atoms with Crippen LogP contribution in [0.25, 0.3) is 11.2 Å². The van der Waals surface area contributed by atoms with E-state index in [1.807, 2.05) is 0 Å². The Bertz CT molecular complexity index is 3100. The van der Waals surface area contributed by atoms with Crippen LogP contribution in [0, 0.1) is 5.82 Å². The van der Waals surface area contributed by atoms with Gasteiger partial charge in [0, 0.05) is 44.4 Å². The number of phosphoric acid groups is 2. The lowest BCUT2D eigenvalue weighted by atomic mass is 10.1. The summed E-state index contributed by atoms with van der Waals surface area (Å²) >= 11 is 0. The second-order valence-electron chi connectivity index (χ2n) is 18.1. The molecule has 3 aliphatic heterocycles. The van der Waals surface area contributed by atoms with Gasteiger partial charge in [-0.15, -0.1) is 0 Å². The number of anilines is 3. The smallest absolute Gasteiger partial charge is 0.455 e. The summed E-state index contributed by atoms with van der Waals surface area (Å²) in [5, 5.41) is 28.2. The van der Waals surface area contributed by atoms with Crippen LogP contribution < -0.4 is 27.8 Å². The van der Waals surface area contributed by atoms with Crippen molar-refractivity contribution in [2.45, 2.75) is 93.3 Å². The number of nitrogens with one attached hydrogen (secondary N) is 2. The van der Waals surface area contributed by atoms with Crippen molar-refractivity contribution in [2.24, 2.45) is 0 Å². The molecule has 34 heteroatoms. The Kier molecular flexibility index (Phi) is 17.9. The molecule has 2 aromatic carbocycles. The van der Waals surface area contributed by atoms with Gasteiger partial charge in [-0.2, -0.15) is 4.98 Å². The maximum absolute atomic E-state index is 14.3. The molecule has 0 spiro atoms. The van der Waals surface area contributed by atoms with Crippen LogP contribution in [-0.4, -0.2) is 158 Å². The number of ether oxygens (including phenoxy) is 4. The van der Waals surface area contributed by atoms with Gasteiger partial charge in [-0.3, -0.25) is 27.5 Å². The molecule has 5 unspecified atom stereocenters. The van der Waals surface area contributed by atoms with E-state index < -0.39 is 126 Å². The number of rotatable bonds is 21. The van der Waals surface area contributed by atoms with Crippen molar-refractivity contribution in [3.05, 3.63) is 101 Å². The Morgan fingerprint density at radius 3 is 2.18 bits per heavy atom. The number of piperidine rings is 1. The number of esters is 1. The fourth-order valence-corrected chi connectivity index (χ4v) is 9.84. The lowest BCUT2D eigenvalue weighted by Gasteiger charge is -2.32. The molecule has 0 saturated carbocycles. The molecule has 0 radical (unpaired) electrons. The molecular weight excluding hydrogens is 1090 g/mol. The van der Waals surface area contributed by atoms with Gasteiger partial charge in [0.15, 0.2) is 30.0 Å². The maximum Gasteiger partial charge on any atom is 0.472 e. The fraction of sp³-hybridized carbons (Fsp3) is 0.455. The highest BCUT2D eigenvalue weighted by molar-refractivity contribution is 7.47. The molecule has 29 nitrogen and oxygen atoms in total. The highest BCUT2D eigenvalue weighted by Crippen LogP contribution is 2.50. The summed E-state index contributed by atoms with van der Waals surface area (Å²) in [4.78, 5) is 100. The van der Waals surface area contributed by atoms with Crippen LogP contribution in [0.2, 0.25) is 0 Å². The van der Waals surface area contributed by atoms with E-state index in [1.165, 1.54) is 41.0 Å². The zero-order valence-corrected chi connectivity index (χ0v) is 42.3. The van der Waals surface area contributed by atoms with Crippen LogP contribution in [0.1, 0.15) is 42.8 Å². The number of halogens is 3. The first-order chi connectivity index (χ1) is 36.9. The molecule has 5 aromatic rings. The summed E-state index contributed by atoms with van der Waals surface area (Å²) in [5.74, 6) is -5.28. The molecule has 78 heavy (non-hydrogen) atoms. The van der Waals surface area contributed by atoms with Crippen molar-refractivity contribution < 1.29 is 94.1 Å². The second-order valence-corrected chi connectivity index (χ2v) is 20.7. The molecule has 422 valence electrons. The molecule has 11 N–H and O–H groups in total. The lowest BCUT2D eigenvalue weighted by molar-refractivity contribution is -0.159. The minimum Gasteiger partial charge on any atom is -0.455 e. The summed E-state index contributed by atoms with van der Waals surface area (Å²) in [7, 11) is -10.8. The average Bonchev–Trinajstić information content (AvgIpc) is 4.05. The normalized spacial score (nSPS) is 24.6. The third-order valence-corrected chi connectivity index (χ3v) is 14.0. The number of nitrogens with zero attached hydrogens (tertiary/aromatic N) is 7. The maximum atomic E-state index is 14.3. The quantitative estimate of drug-likeness (QED) is 0.0366. The molecule has 10 atom stereocenters. The molecule has 0 aliphatic carbocycles. The number of nitrogen functional groups attached to an aromatic ring is 2. The van der Waals surface area contributed by atoms with Gasteiger partial charge in [-0.1, -0.05) is 24.3 Å². The SMILES string of the molecule is Nc1ccn([C@@H]2O[C@H](COP(=O)(O)O)[C@@H](OP(=O)(O)OCC3OC(n4cnc5c(N)ncnc54)C(O)C3OC(=O)[C@H](CCN3CCC(F)(F)CC3)NC(=O)OCc3ccc(NC(=O)Cc4ccc(F)cc4)cc3)[C@H]2O)c(=O)n1. The summed E-state index contributed by atoms with van der Waals surface area (Å²) in [6.45, 7) is -2.67. The Labute approximate surface area is 438 Å². The van der Waals surface area contributed by atoms with E-state index in [9.17, 15) is 66.4 Å². The molecule has 3 aliphatic rings. The first kappa shape index (κ1) is 57.7. The van der Waals surface area contributed by atoms with E-state index in [0.29, 0.717) is 21.4 Å². The highest BCUT2D eigenvalue weighted by atomic mass is 31.2. The van der Waals surface area contributed by atoms with E-state index in [-0.39, 0.29) is 67.8 Å². The van der Waals surface area contributed by atoms with Crippen molar-refractivity contribution in [1.29, 1.82) is 0 Å². The van der Waals surface area contributed by atoms with E-state index in [4.69, 9.17) is 39.5 Å². The van der Waals surface area contributed by atoms with E-state index >= 15 is 0 Å². The highest BCUT2D eigenvalue weighted by Gasteiger charge is 2.52. The first-order valence-electron chi connectivity index (χ1n) is 23.6. The third-order valence-electron chi connectivity index (χ3n) is 12.5. The predicted molar refractivity (Wildman–Crippen MR) is 259 cm³/mol. The fourth-order valence-electron chi connectivity index (χ4n) is 8.53. The number of fused-ring (bicyclic) bond motifs is 1. The molecular formula is C44H52F3N11O18P2. The predicted octanol–water partition coefficient (Wildman–Crippen LogP) is 1.02. The Balaban J connectivity index is 0.979. The summed E-state index contributed by atoms with van der Waals surface area (Å²) < 4.78 is 107. The number of carbonyl (C=O) groups excluding carboxylic acids is 3. The van der Waals surface area contributed by atoms with Gasteiger partial charge in [-0.05, 0) is 47.9 Å². The van der Waals surface area contributed by atoms with Gasteiger partial charge in [0.25, 0.3) is 5.92 Å². The number of imidazole rings is 1. The van der Waals surface area contributed by atoms with Gasteiger partial charge in [0.05, 0.1) is 26.0 Å². The first-order valence-corrected chi connectivity index (χ1v) is 26.6. The molecule has 3 aromatic heterocycles. The number of aliphatic hydroxyl groups is 2. The van der Waals surface area contributed by atoms with Gasteiger partial charge in [0.1, 0.15) is 66.6 Å². The number of benzene rings is 2. The number of alkyl carbamates (subject to hydrolysis) is 1. The topological polar surface area (TPSA) is 409 Å². The number of aliphatic hydroxyl groups excluding tert-OH is 2. The van der Waals surface area contributed by atoms with Crippen molar-refractivity contribution in [3.63, 3.8) is 0 Å². The van der Waals surface area contributed by atoms with Crippen molar-refractivity contribution in [1.82, 2.24) is 39.3 Å². The Morgan fingerprint density at radius 2 is 1.50 bits per heavy atom. The molecule has 6 heterocycles. The van der Waals surface area contributed by atoms with E-state index in [0.717, 1.165) is 24.9 Å². The molecule has 2 amide bonds. The average molecular weight is 1140 g/mol. The summed E-state index contributed by atoms with van der Waals surface area (Å²) in [5.41, 5.74) is 11.9. The van der Waals surface area contributed by atoms with Crippen molar-refractivity contribution >= 4 is 62.1 Å². The zero-order chi connectivity index (χ0) is 56.1. The van der Waals surface area contributed by atoms with Crippen LogP contribution >= 0.6 is 15.6 Å². The minimum atomic E-state index is -5.54. The monoisotopic (exact) mass is 1140 g/mol. The number of likely N-dealkylation sites (tertiary alicyclic amines) is 1. The summed E-state index contributed by atoms with van der Waals surface area (Å²) in [6, 6.07) is 11.1. The number of aromatic nitrogens is 6. The van der Waals surface area contributed by atoms with Crippen LogP contribution in [0.4, 0.5) is 35.3 Å². The largest absolute Gasteiger partial charge is 0.472 e.